The van der Waals surface area contributed by atoms with Gasteiger partial charge >= 0.3 is 19.8 Å². The van der Waals surface area contributed by atoms with Crippen LogP contribution in [-0.4, -0.2) is 65.7 Å². The summed E-state index contributed by atoms with van der Waals surface area (Å²) in [6.45, 7) is 2.36. The van der Waals surface area contributed by atoms with Crippen LogP contribution in [0.15, 0.2) is 24.3 Å². The monoisotopic (exact) mass is 775 g/mol. The number of phosphoric ester groups is 1. The van der Waals surface area contributed by atoms with Gasteiger partial charge in [0.2, 0.25) is 0 Å². The zero-order valence-electron chi connectivity index (χ0n) is 33.7. The van der Waals surface area contributed by atoms with Crippen molar-refractivity contribution < 1.29 is 47.8 Å². The van der Waals surface area contributed by atoms with Crippen molar-refractivity contribution in [2.45, 2.75) is 206 Å². The lowest BCUT2D eigenvalue weighted by Crippen LogP contribution is -2.29. The van der Waals surface area contributed by atoms with Gasteiger partial charge < -0.3 is 24.6 Å². The summed E-state index contributed by atoms with van der Waals surface area (Å²) in [6.07, 6.45) is 37.1. The van der Waals surface area contributed by atoms with E-state index in [4.69, 9.17) is 19.1 Å². The molecule has 0 fully saturated rings. The molecule has 2 unspecified atom stereocenters. The Labute approximate surface area is 323 Å². The number of rotatable bonds is 40. The van der Waals surface area contributed by atoms with E-state index in [9.17, 15) is 24.2 Å². The zero-order chi connectivity index (χ0) is 39.1. The number of aliphatic hydroxyl groups is 2. The van der Waals surface area contributed by atoms with E-state index < -0.39 is 51.8 Å². The number of aliphatic hydroxyl groups excluding tert-OH is 2. The largest absolute Gasteiger partial charge is 0.472 e. The standard InChI is InChI=1S/C42H79O10P/c1-3-5-7-9-11-13-15-17-19-21-23-25-27-29-31-33-41(45)49-37-40(38-51-53(47,48)50-36-39(44)35-43)52-42(46)34-32-30-28-26-24-22-20-18-16-14-12-10-8-6-4-2/h17-20,39-40,43-44H,3-16,21-38H2,1-2H3,(H,47,48)/b19-17+,20-18+/t39?,40-/m1/s1. The van der Waals surface area contributed by atoms with Gasteiger partial charge in [-0.3, -0.25) is 18.6 Å². The molecule has 0 heterocycles. The molecule has 0 aromatic heterocycles. The first-order valence-corrected chi connectivity index (χ1v) is 22.8. The molecule has 10 nitrogen and oxygen atoms in total. The molecule has 0 spiro atoms. The molecule has 53 heavy (non-hydrogen) atoms. The summed E-state index contributed by atoms with van der Waals surface area (Å²) in [5, 5.41) is 18.3. The highest BCUT2D eigenvalue weighted by atomic mass is 31.2. The Balaban J connectivity index is 4.33. The number of phosphoric acid groups is 1. The first-order valence-electron chi connectivity index (χ1n) is 21.3. The molecule has 0 saturated heterocycles. The van der Waals surface area contributed by atoms with Crippen LogP contribution in [0.25, 0.3) is 0 Å². The van der Waals surface area contributed by atoms with Crippen molar-refractivity contribution in [3.8, 4) is 0 Å². The highest BCUT2D eigenvalue weighted by Crippen LogP contribution is 2.43. The minimum atomic E-state index is -4.62. The van der Waals surface area contributed by atoms with Gasteiger partial charge in [0.05, 0.1) is 19.8 Å². The van der Waals surface area contributed by atoms with Crippen LogP contribution in [0.3, 0.4) is 0 Å². The SMILES string of the molecule is CCCCCCCC/C=C/CCCCCCCC(=O)OC[C@H](COP(=O)(O)OCC(O)CO)OC(=O)CCCCCCC/C=C/CCCCCCCC. The summed E-state index contributed by atoms with van der Waals surface area (Å²) in [5.41, 5.74) is 0. The van der Waals surface area contributed by atoms with Crippen molar-refractivity contribution in [2.24, 2.45) is 0 Å². The van der Waals surface area contributed by atoms with E-state index in [0.717, 1.165) is 70.6 Å². The van der Waals surface area contributed by atoms with Crippen LogP contribution >= 0.6 is 7.82 Å². The molecule has 0 bridgehead atoms. The fourth-order valence-electron chi connectivity index (χ4n) is 5.75. The Morgan fingerprint density at radius 2 is 0.925 bits per heavy atom. The molecule has 312 valence electrons. The van der Waals surface area contributed by atoms with E-state index in [-0.39, 0.29) is 19.4 Å². The topological polar surface area (TPSA) is 149 Å². The van der Waals surface area contributed by atoms with Crippen molar-refractivity contribution in [1.29, 1.82) is 0 Å². The van der Waals surface area contributed by atoms with Crippen LogP contribution in [0.5, 0.6) is 0 Å². The molecule has 0 saturated carbocycles. The molecule has 0 aliphatic heterocycles. The van der Waals surface area contributed by atoms with E-state index in [0.29, 0.717) is 12.8 Å². The maximum absolute atomic E-state index is 12.6. The lowest BCUT2D eigenvalue weighted by Gasteiger charge is -2.20. The third-order valence-electron chi connectivity index (χ3n) is 9.08. The Hall–Kier alpha value is -1.55. The summed E-state index contributed by atoms with van der Waals surface area (Å²) in [7, 11) is -4.62. The fourth-order valence-corrected chi connectivity index (χ4v) is 6.54. The number of hydrogen-bond donors (Lipinski definition) is 3. The van der Waals surface area contributed by atoms with E-state index in [1.54, 1.807) is 0 Å². The third-order valence-corrected chi connectivity index (χ3v) is 10.0. The summed E-state index contributed by atoms with van der Waals surface area (Å²) < 4.78 is 32.7. The summed E-state index contributed by atoms with van der Waals surface area (Å²) in [4.78, 5) is 34.9. The molecular formula is C42H79O10P. The van der Waals surface area contributed by atoms with Crippen LogP contribution in [-0.2, 0) is 32.7 Å². The van der Waals surface area contributed by atoms with Gasteiger partial charge in [0.15, 0.2) is 6.10 Å². The fraction of sp³-hybridized carbons (Fsp3) is 0.857. The number of ether oxygens (including phenoxy) is 2. The normalized spacial score (nSPS) is 14.1. The lowest BCUT2D eigenvalue weighted by molar-refractivity contribution is -0.161. The van der Waals surface area contributed by atoms with Crippen LogP contribution in [0.4, 0.5) is 0 Å². The molecule has 3 atom stereocenters. The van der Waals surface area contributed by atoms with Gasteiger partial charge in [-0.1, -0.05) is 141 Å². The van der Waals surface area contributed by atoms with Gasteiger partial charge in [-0.15, -0.1) is 0 Å². The highest BCUT2D eigenvalue weighted by Gasteiger charge is 2.27. The van der Waals surface area contributed by atoms with Crippen LogP contribution in [0.1, 0.15) is 194 Å². The van der Waals surface area contributed by atoms with Gasteiger partial charge in [0.1, 0.15) is 12.7 Å². The Kier molecular flexibility index (Phi) is 37.6. The maximum Gasteiger partial charge on any atom is 0.472 e. The predicted molar refractivity (Wildman–Crippen MR) is 215 cm³/mol. The molecule has 0 radical (unpaired) electrons. The quantitative estimate of drug-likeness (QED) is 0.0238. The molecule has 0 aromatic rings. The second kappa shape index (κ2) is 38.7. The van der Waals surface area contributed by atoms with Gasteiger partial charge in [0.25, 0.3) is 0 Å². The van der Waals surface area contributed by atoms with Gasteiger partial charge in [-0.2, -0.15) is 0 Å². The number of carbonyl (C=O) groups excluding carboxylic acids is 2. The Morgan fingerprint density at radius 1 is 0.547 bits per heavy atom. The van der Waals surface area contributed by atoms with Crippen LogP contribution in [0.2, 0.25) is 0 Å². The minimum absolute atomic E-state index is 0.174. The lowest BCUT2D eigenvalue weighted by atomic mass is 10.1. The molecule has 11 heteroatoms. The van der Waals surface area contributed by atoms with Crippen LogP contribution in [0, 0.1) is 0 Å². The van der Waals surface area contributed by atoms with Crippen molar-refractivity contribution in [2.75, 3.05) is 26.4 Å². The first kappa shape index (κ1) is 51.5. The summed E-state index contributed by atoms with van der Waals surface area (Å²) >= 11 is 0. The molecule has 0 aliphatic rings. The smallest absolute Gasteiger partial charge is 0.462 e. The zero-order valence-corrected chi connectivity index (χ0v) is 34.6. The number of carbonyl (C=O) groups is 2. The number of unbranched alkanes of at least 4 members (excludes halogenated alkanes) is 22. The summed E-state index contributed by atoms with van der Waals surface area (Å²) in [6, 6.07) is 0. The number of allylic oxidation sites excluding steroid dienone is 4. The van der Waals surface area contributed by atoms with Gasteiger partial charge in [-0.05, 0) is 64.2 Å². The minimum Gasteiger partial charge on any atom is -0.462 e. The van der Waals surface area contributed by atoms with Crippen molar-refractivity contribution in [1.82, 2.24) is 0 Å². The molecule has 0 rings (SSSR count). The second-order valence-corrected chi connectivity index (χ2v) is 15.8. The van der Waals surface area contributed by atoms with E-state index in [1.807, 2.05) is 0 Å². The van der Waals surface area contributed by atoms with E-state index in [2.05, 4.69) is 42.7 Å². The van der Waals surface area contributed by atoms with Crippen molar-refractivity contribution in [3.63, 3.8) is 0 Å². The maximum atomic E-state index is 12.6. The highest BCUT2D eigenvalue weighted by molar-refractivity contribution is 7.47. The van der Waals surface area contributed by atoms with E-state index in [1.165, 1.54) is 83.5 Å². The third kappa shape index (κ3) is 38.5. The molecule has 3 N–H and O–H groups in total. The molecular weight excluding hydrogens is 695 g/mol. The van der Waals surface area contributed by atoms with Gasteiger partial charge in [0, 0.05) is 12.8 Å². The molecule has 0 aromatic carbocycles. The van der Waals surface area contributed by atoms with Crippen LogP contribution < -0.4 is 0 Å². The molecule has 0 aliphatic carbocycles. The Morgan fingerprint density at radius 3 is 1.36 bits per heavy atom. The predicted octanol–water partition coefficient (Wildman–Crippen LogP) is 11.0. The first-order chi connectivity index (χ1) is 25.7. The average molecular weight is 775 g/mol. The Bertz CT molecular complexity index is 941. The van der Waals surface area contributed by atoms with Crippen molar-refractivity contribution in [3.05, 3.63) is 24.3 Å². The van der Waals surface area contributed by atoms with E-state index >= 15 is 0 Å². The summed E-state index contributed by atoms with van der Waals surface area (Å²) in [5.74, 6) is -0.940. The second-order valence-electron chi connectivity index (χ2n) is 14.4. The van der Waals surface area contributed by atoms with Gasteiger partial charge in [-0.25, -0.2) is 4.57 Å². The number of hydrogen-bond acceptors (Lipinski definition) is 9. The molecule has 0 amide bonds. The average Bonchev–Trinajstić information content (AvgIpc) is 3.14. The van der Waals surface area contributed by atoms with Crippen molar-refractivity contribution >= 4 is 19.8 Å². The number of esters is 2.